The van der Waals surface area contributed by atoms with Crippen molar-refractivity contribution in [1.29, 1.82) is 0 Å². The molecule has 0 unspecified atom stereocenters. The maximum Gasteiger partial charge on any atom is 0.407 e. The molecule has 0 saturated heterocycles. The van der Waals surface area contributed by atoms with Crippen LogP contribution in [0, 0.1) is 0 Å². The number of carbonyl (C=O) groups is 3. The highest BCUT2D eigenvalue weighted by atomic mass is 16.5. The van der Waals surface area contributed by atoms with Crippen LogP contribution in [-0.4, -0.2) is 45.5 Å². The molecule has 9 heteroatoms. The third-order valence-electron chi connectivity index (χ3n) is 6.12. The molecule has 0 aliphatic heterocycles. The molecule has 0 bridgehead atoms. The average Bonchev–Trinajstić information content (AvgIpc) is 3.38. The molecule has 2 amide bonds. The lowest BCUT2D eigenvalue weighted by atomic mass is 9.98. The van der Waals surface area contributed by atoms with E-state index in [4.69, 9.17) is 9.84 Å². The molecule has 0 spiro atoms. The van der Waals surface area contributed by atoms with Crippen LogP contribution in [0.15, 0.2) is 54.6 Å². The van der Waals surface area contributed by atoms with Crippen LogP contribution in [0.4, 0.5) is 4.79 Å². The number of ether oxygens (including phenoxy) is 1. The first kappa shape index (κ1) is 24.0. The summed E-state index contributed by atoms with van der Waals surface area (Å²) in [6.07, 6.45) is 0.444. The summed E-state index contributed by atoms with van der Waals surface area (Å²) in [5.74, 6) is -1.56. The van der Waals surface area contributed by atoms with Crippen LogP contribution >= 0.6 is 0 Å². The Morgan fingerprint density at radius 1 is 1.09 bits per heavy atom. The first-order valence-electron chi connectivity index (χ1n) is 11.5. The highest BCUT2D eigenvalue weighted by molar-refractivity contribution is 5.86. The van der Waals surface area contributed by atoms with E-state index < -0.39 is 18.1 Å². The molecule has 1 aromatic heterocycles. The molecule has 1 atom stereocenters. The van der Waals surface area contributed by atoms with Crippen molar-refractivity contribution >= 4 is 18.0 Å². The van der Waals surface area contributed by atoms with Crippen molar-refractivity contribution < 1.29 is 24.2 Å². The standard InChI is InChI=1S/C26H28N4O5/c1-3-8-22(24(31)27-14-16-13-23(25(32)33)30(2)29-16)28-26(34)35-15-21-19-11-6-4-9-17(19)18-10-5-7-12-20(18)21/h4-7,9-13,21-22H,3,8,14-15H2,1-2H3,(H,27,31)(H,28,34)(H,32,33)/t22-/m1/s1. The number of amides is 2. The zero-order valence-corrected chi connectivity index (χ0v) is 19.7. The molecule has 35 heavy (non-hydrogen) atoms. The van der Waals surface area contributed by atoms with Crippen LogP contribution in [0.2, 0.25) is 0 Å². The van der Waals surface area contributed by atoms with Crippen LogP contribution in [-0.2, 0) is 23.1 Å². The molecule has 3 aromatic rings. The third-order valence-corrected chi connectivity index (χ3v) is 6.12. The van der Waals surface area contributed by atoms with Crippen molar-refractivity contribution in [2.75, 3.05) is 6.61 Å². The Morgan fingerprint density at radius 3 is 2.29 bits per heavy atom. The van der Waals surface area contributed by atoms with Gasteiger partial charge in [0.2, 0.25) is 5.91 Å². The molecule has 1 aliphatic rings. The summed E-state index contributed by atoms with van der Waals surface area (Å²) in [5, 5.41) is 18.6. The first-order chi connectivity index (χ1) is 16.9. The molecule has 182 valence electrons. The van der Waals surface area contributed by atoms with Gasteiger partial charge in [0.15, 0.2) is 0 Å². The fraction of sp³-hybridized carbons (Fsp3) is 0.308. The lowest BCUT2D eigenvalue weighted by Crippen LogP contribution is -2.46. The summed E-state index contributed by atoms with van der Waals surface area (Å²) in [7, 11) is 1.52. The highest BCUT2D eigenvalue weighted by Crippen LogP contribution is 2.44. The van der Waals surface area contributed by atoms with Crippen molar-refractivity contribution in [3.05, 3.63) is 77.1 Å². The number of aryl methyl sites for hydroxylation is 1. The maximum absolute atomic E-state index is 12.7. The maximum atomic E-state index is 12.7. The lowest BCUT2D eigenvalue weighted by Gasteiger charge is -2.19. The number of nitrogens with zero attached hydrogens (tertiary/aromatic N) is 2. The van der Waals surface area contributed by atoms with Gasteiger partial charge in [-0.1, -0.05) is 61.9 Å². The van der Waals surface area contributed by atoms with E-state index >= 15 is 0 Å². The SMILES string of the molecule is CCC[C@@H](NC(=O)OCC1c2ccccc2-c2ccccc21)C(=O)NCc1cc(C(=O)O)n(C)n1. The summed E-state index contributed by atoms with van der Waals surface area (Å²) < 4.78 is 6.80. The largest absolute Gasteiger partial charge is 0.477 e. The van der Waals surface area contributed by atoms with Gasteiger partial charge in [0.05, 0.1) is 12.2 Å². The zero-order valence-electron chi connectivity index (χ0n) is 19.7. The van der Waals surface area contributed by atoms with E-state index in [0.29, 0.717) is 18.5 Å². The quantitative estimate of drug-likeness (QED) is 0.435. The van der Waals surface area contributed by atoms with Crippen LogP contribution < -0.4 is 10.6 Å². The Balaban J connectivity index is 1.35. The number of hydrogen-bond acceptors (Lipinski definition) is 5. The predicted octanol–water partition coefficient (Wildman–Crippen LogP) is 3.44. The summed E-state index contributed by atoms with van der Waals surface area (Å²) >= 11 is 0. The van der Waals surface area contributed by atoms with E-state index in [0.717, 1.165) is 22.3 Å². The van der Waals surface area contributed by atoms with Gasteiger partial charge in [0.1, 0.15) is 18.3 Å². The molecular formula is C26H28N4O5. The van der Waals surface area contributed by atoms with Crippen LogP contribution in [0.25, 0.3) is 11.1 Å². The fourth-order valence-corrected chi connectivity index (χ4v) is 4.45. The lowest BCUT2D eigenvalue weighted by molar-refractivity contribution is -0.123. The molecular weight excluding hydrogens is 448 g/mol. The monoisotopic (exact) mass is 476 g/mol. The molecule has 0 saturated carbocycles. The molecule has 1 aliphatic carbocycles. The second-order valence-electron chi connectivity index (χ2n) is 8.48. The van der Waals surface area contributed by atoms with Gasteiger partial charge >= 0.3 is 12.1 Å². The predicted molar refractivity (Wildman–Crippen MR) is 129 cm³/mol. The third kappa shape index (κ3) is 5.18. The Labute approximate surface area is 203 Å². The number of rotatable bonds is 9. The second-order valence-corrected chi connectivity index (χ2v) is 8.48. The average molecular weight is 477 g/mol. The van der Waals surface area contributed by atoms with Crippen LogP contribution in [0.5, 0.6) is 0 Å². The molecule has 2 aromatic carbocycles. The van der Waals surface area contributed by atoms with Gasteiger partial charge in [-0.3, -0.25) is 9.48 Å². The summed E-state index contributed by atoms with van der Waals surface area (Å²) in [6, 6.07) is 16.8. The molecule has 4 rings (SSSR count). The van der Waals surface area contributed by atoms with Crippen molar-refractivity contribution in [1.82, 2.24) is 20.4 Å². The van der Waals surface area contributed by atoms with E-state index in [1.54, 1.807) is 0 Å². The minimum absolute atomic E-state index is 0.0242. The minimum atomic E-state index is -1.10. The minimum Gasteiger partial charge on any atom is -0.477 e. The normalized spacial score (nSPS) is 13.0. The fourth-order valence-electron chi connectivity index (χ4n) is 4.45. The number of fused-ring (bicyclic) bond motifs is 3. The van der Waals surface area contributed by atoms with E-state index in [2.05, 4.69) is 27.9 Å². The van der Waals surface area contributed by atoms with Gasteiger partial charge in [0.25, 0.3) is 0 Å². The Hall–Kier alpha value is -4.14. The Bertz CT molecular complexity index is 1210. The topological polar surface area (TPSA) is 123 Å². The van der Waals surface area contributed by atoms with Gasteiger partial charge in [-0.05, 0) is 34.7 Å². The number of carboxylic acid groups (broad SMARTS) is 1. The summed E-state index contributed by atoms with van der Waals surface area (Å²) in [6.45, 7) is 2.12. The molecule has 0 fully saturated rings. The zero-order chi connectivity index (χ0) is 24.9. The van der Waals surface area contributed by atoms with E-state index in [9.17, 15) is 14.4 Å². The molecule has 3 N–H and O–H groups in total. The van der Waals surface area contributed by atoms with Crippen LogP contribution in [0.3, 0.4) is 0 Å². The summed E-state index contributed by atoms with van der Waals surface area (Å²) in [4.78, 5) is 36.5. The number of aromatic carboxylic acids is 1. The number of hydrogen-bond donors (Lipinski definition) is 3. The number of nitrogens with one attached hydrogen (secondary N) is 2. The smallest absolute Gasteiger partial charge is 0.407 e. The Morgan fingerprint density at radius 2 is 1.71 bits per heavy atom. The number of carboxylic acids is 1. The van der Waals surface area contributed by atoms with Gasteiger partial charge in [0, 0.05) is 13.0 Å². The molecule has 1 heterocycles. The molecule has 0 radical (unpaired) electrons. The second kappa shape index (κ2) is 10.4. The molecule has 9 nitrogen and oxygen atoms in total. The van der Waals surface area contributed by atoms with Crippen molar-refractivity contribution in [2.45, 2.75) is 38.3 Å². The van der Waals surface area contributed by atoms with Crippen molar-refractivity contribution in [3.63, 3.8) is 0 Å². The van der Waals surface area contributed by atoms with Gasteiger partial charge < -0.3 is 20.5 Å². The summed E-state index contributed by atoms with van der Waals surface area (Å²) in [5.41, 5.74) is 4.94. The van der Waals surface area contributed by atoms with Crippen molar-refractivity contribution in [2.24, 2.45) is 7.05 Å². The van der Waals surface area contributed by atoms with E-state index in [1.165, 1.54) is 17.8 Å². The van der Waals surface area contributed by atoms with Crippen LogP contribution in [0.1, 0.15) is 53.0 Å². The Kier molecular flexibility index (Phi) is 7.14. The van der Waals surface area contributed by atoms with Crippen molar-refractivity contribution in [3.8, 4) is 11.1 Å². The van der Waals surface area contributed by atoms with Gasteiger partial charge in [-0.25, -0.2) is 9.59 Å². The van der Waals surface area contributed by atoms with E-state index in [1.807, 2.05) is 43.3 Å². The highest BCUT2D eigenvalue weighted by Gasteiger charge is 2.29. The number of aromatic nitrogens is 2. The number of benzene rings is 2. The van der Waals surface area contributed by atoms with Gasteiger partial charge in [-0.15, -0.1) is 0 Å². The number of alkyl carbamates (subject to hydrolysis) is 1. The first-order valence-corrected chi connectivity index (χ1v) is 11.5. The van der Waals surface area contributed by atoms with Gasteiger partial charge in [-0.2, -0.15) is 5.10 Å². The van der Waals surface area contributed by atoms with E-state index in [-0.39, 0.29) is 30.7 Å². The number of carbonyl (C=O) groups excluding carboxylic acids is 2.